The molecule has 0 unspecified atom stereocenters. The highest BCUT2D eigenvalue weighted by Gasteiger charge is 2.38. The highest BCUT2D eigenvalue weighted by atomic mass is 16.6. The van der Waals surface area contributed by atoms with Crippen LogP contribution < -0.4 is 0 Å². The summed E-state index contributed by atoms with van der Waals surface area (Å²) >= 11 is 0. The fourth-order valence-corrected chi connectivity index (χ4v) is 2.90. The van der Waals surface area contributed by atoms with Gasteiger partial charge in [0, 0.05) is 6.92 Å². The maximum absolute atomic E-state index is 11.7. The van der Waals surface area contributed by atoms with Crippen LogP contribution in [0.3, 0.4) is 0 Å². The van der Waals surface area contributed by atoms with Crippen LogP contribution >= 0.6 is 0 Å². The smallest absolute Gasteiger partial charge is 0.341 e. The van der Waals surface area contributed by atoms with E-state index in [4.69, 9.17) is 4.74 Å². The van der Waals surface area contributed by atoms with E-state index in [1.54, 1.807) is 0 Å². The molecule has 1 atom stereocenters. The van der Waals surface area contributed by atoms with Gasteiger partial charge in [-0.15, -0.1) is 0 Å². The zero-order valence-corrected chi connectivity index (χ0v) is 16.5. The molecule has 0 aliphatic carbocycles. The van der Waals surface area contributed by atoms with E-state index in [-0.39, 0.29) is 13.0 Å². The van der Waals surface area contributed by atoms with Crippen LogP contribution in [-0.4, -0.2) is 36.4 Å². The third kappa shape index (κ3) is 12.9. The van der Waals surface area contributed by atoms with E-state index >= 15 is 0 Å². The Morgan fingerprint density at radius 1 is 0.840 bits per heavy atom. The van der Waals surface area contributed by atoms with Crippen molar-refractivity contribution in [2.75, 3.05) is 13.7 Å². The monoisotopic (exact) mass is 358 g/mol. The average Bonchev–Trinajstić information content (AvgIpc) is 2.60. The fourth-order valence-electron chi connectivity index (χ4n) is 2.90. The minimum Gasteiger partial charge on any atom is -0.467 e. The Hall–Kier alpha value is -1.10. The van der Waals surface area contributed by atoms with Crippen molar-refractivity contribution in [1.29, 1.82) is 0 Å². The summed E-state index contributed by atoms with van der Waals surface area (Å²) in [5.41, 5.74) is -1.72. The Morgan fingerprint density at radius 3 is 1.68 bits per heavy atom. The van der Waals surface area contributed by atoms with Crippen LogP contribution in [0.4, 0.5) is 0 Å². The van der Waals surface area contributed by atoms with E-state index in [0.717, 1.165) is 12.8 Å². The minimum absolute atomic E-state index is 0.254. The number of aliphatic hydroxyl groups is 1. The summed E-state index contributed by atoms with van der Waals surface area (Å²) in [6, 6.07) is 0. The van der Waals surface area contributed by atoms with Crippen LogP contribution in [0.5, 0.6) is 0 Å². The Kier molecular flexibility index (Phi) is 14.5. The predicted molar refractivity (Wildman–Crippen MR) is 99.3 cm³/mol. The third-order valence-electron chi connectivity index (χ3n) is 4.52. The zero-order valence-electron chi connectivity index (χ0n) is 16.5. The molecule has 0 amide bonds. The molecule has 0 aromatic heterocycles. The largest absolute Gasteiger partial charge is 0.467 e. The van der Waals surface area contributed by atoms with Crippen molar-refractivity contribution < 1.29 is 24.2 Å². The molecule has 0 radical (unpaired) electrons. The van der Waals surface area contributed by atoms with E-state index < -0.39 is 17.5 Å². The third-order valence-corrected chi connectivity index (χ3v) is 4.52. The number of esters is 2. The van der Waals surface area contributed by atoms with Gasteiger partial charge in [-0.2, -0.15) is 0 Å². The number of carbonyl (C=O) groups is 2. The SMILES string of the molecule is CCCCCCCCCCCCCC[C@](O)(COC(C)=O)C(=O)OC. The molecule has 0 rings (SSSR count). The lowest BCUT2D eigenvalue weighted by Gasteiger charge is -2.24. The van der Waals surface area contributed by atoms with Crippen LogP contribution in [0.25, 0.3) is 0 Å². The first-order valence-electron chi connectivity index (χ1n) is 9.90. The topological polar surface area (TPSA) is 72.8 Å². The molecule has 0 fully saturated rings. The van der Waals surface area contributed by atoms with Gasteiger partial charge in [-0.1, -0.05) is 77.6 Å². The van der Waals surface area contributed by atoms with E-state index in [1.807, 2.05) is 0 Å². The van der Waals surface area contributed by atoms with Gasteiger partial charge in [-0.25, -0.2) is 4.79 Å². The maximum Gasteiger partial charge on any atom is 0.341 e. The molecule has 0 heterocycles. The van der Waals surface area contributed by atoms with Gasteiger partial charge >= 0.3 is 11.9 Å². The number of carbonyl (C=O) groups excluding carboxylic acids is 2. The van der Waals surface area contributed by atoms with Gasteiger partial charge in [0.05, 0.1) is 7.11 Å². The van der Waals surface area contributed by atoms with Gasteiger partial charge in [0.25, 0.3) is 0 Å². The van der Waals surface area contributed by atoms with Crippen molar-refractivity contribution in [2.24, 2.45) is 0 Å². The molecule has 0 saturated heterocycles. The van der Waals surface area contributed by atoms with Crippen molar-refractivity contribution in [3.8, 4) is 0 Å². The van der Waals surface area contributed by atoms with E-state index in [1.165, 1.54) is 71.8 Å². The molecule has 5 nitrogen and oxygen atoms in total. The molecule has 0 aliphatic rings. The molecular weight excluding hydrogens is 320 g/mol. The van der Waals surface area contributed by atoms with Gasteiger partial charge in [-0.3, -0.25) is 4.79 Å². The van der Waals surface area contributed by atoms with E-state index in [9.17, 15) is 14.7 Å². The average molecular weight is 359 g/mol. The molecular formula is C20H38O5. The van der Waals surface area contributed by atoms with Gasteiger partial charge in [0.2, 0.25) is 0 Å². The number of rotatable bonds is 16. The second kappa shape index (κ2) is 15.2. The summed E-state index contributed by atoms with van der Waals surface area (Å²) in [5, 5.41) is 10.3. The first kappa shape index (κ1) is 23.9. The van der Waals surface area contributed by atoms with Crippen molar-refractivity contribution in [2.45, 2.75) is 103 Å². The van der Waals surface area contributed by atoms with Crippen molar-refractivity contribution in [1.82, 2.24) is 0 Å². The second-order valence-electron chi connectivity index (χ2n) is 6.94. The second-order valence-corrected chi connectivity index (χ2v) is 6.94. The normalized spacial score (nSPS) is 13.3. The quantitative estimate of drug-likeness (QED) is 0.324. The summed E-state index contributed by atoms with van der Waals surface area (Å²) < 4.78 is 9.42. The summed E-state index contributed by atoms with van der Waals surface area (Å²) in [5.74, 6) is -1.26. The zero-order chi connectivity index (χ0) is 19.0. The summed E-state index contributed by atoms with van der Waals surface area (Å²) in [7, 11) is 1.23. The van der Waals surface area contributed by atoms with Crippen LogP contribution in [-0.2, 0) is 19.1 Å². The Bertz CT molecular complexity index is 356. The Balaban J connectivity index is 3.71. The Morgan fingerprint density at radius 2 is 1.28 bits per heavy atom. The molecule has 0 aromatic rings. The first-order chi connectivity index (χ1) is 12.0. The van der Waals surface area contributed by atoms with Gasteiger partial charge < -0.3 is 14.6 Å². The van der Waals surface area contributed by atoms with Crippen molar-refractivity contribution in [3.05, 3.63) is 0 Å². The van der Waals surface area contributed by atoms with E-state index in [0.29, 0.717) is 6.42 Å². The number of hydrogen-bond acceptors (Lipinski definition) is 5. The van der Waals surface area contributed by atoms with Gasteiger partial charge in [0.1, 0.15) is 6.61 Å². The lowest BCUT2D eigenvalue weighted by atomic mass is 9.96. The molecule has 0 aromatic carbocycles. The van der Waals surface area contributed by atoms with E-state index in [2.05, 4.69) is 11.7 Å². The van der Waals surface area contributed by atoms with Gasteiger partial charge in [0.15, 0.2) is 5.60 Å². The molecule has 5 heteroatoms. The molecule has 0 bridgehead atoms. The predicted octanol–water partition coefficient (Wildman–Crippen LogP) is 4.54. The fraction of sp³-hybridized carbons (Fsp3) is 0.900. The van der Waals surface area contributed by atoms with Gasteiger partial charge in [-0.05, 0) is 12.8 Å². The summed E-state index contributed by atoms with van der Waals surface area (Å²) in [6.07, 6.45) is 14.8. The highest BCUT2D eigenvalue weighted by Crippen LogP contribution is 2.19. The molecule has 0 aliphatic heterocycles. The number of ether oxygens (including phenoxy) is 2. The molecule has 0 saturated carbocycles. The van der Waals surface area contributed by atoms with Crippen LogP contribution in [0.1, 0.15) is 97.3 Å². The molecule has 1 N–H and O–H groups in total. The Labute approximate surface area is 153 Å². The number of unbranched alkanes of at least 4 members (excludes halogenated alkanes) is 11. The molecule has 0 spiro atoms. The molecule has 25 heavy (non-hydrogen) atoms. The summed E-state index contributed by atoms with van der Waals surface area (Å²) in [4.78, 5) is 22.6. The first-order valence-corrected chi connectivity index (χ1v) is 9.90. The maximum atomic E-state index is 11.7. The minimum atomic E-state index is -1.72. The van der Waals surface area contributed by atoms with Crippen molar-refractivity contribution >= 4 is 11.9 Å². The summed E-state index contributed by atoms with van der Waals surface area (Å²) in [6.45, 7) is 3.15. The molecule has 148 valence electrons. The highest BCUT2D eigenvalue weighted by molar-refractivity contribution is 5.79. The van der Waals surface area contributed by atoms with Crippen LogP contribution in [0, 0.1) is 0 Å². The number of hydrogen-bond donors (Lipinski definition) is 1. The number of methoxy groups -OCH3 is 1. The lowest BCUT2D eigenvalue weighted by Crippen LogP contribution is -2.44. The lowest BCUT2D eigenvalue weighted by molar-refractivity contribution is -0.173. The van der Waals surface area contributed by atoms with Crippen LogP contribution in [0.2, 0.25) is 0 Å². The van der Waals surface area contributed by atoms with Crippen LogP contribution in [0.15, 0.2) is 0 Å². The standard InChI is InChI=1S/C20H38O5/c1-4-5-6-7-8-9-10-11-12-13-14-15-16-20(23,19(22)24-3)17-25-18(2)21/h23H,4-17H2,1-3H3/t20-/m0/s1. The van der Waals surface area contributed by atoms with Crippen molar-refractivity contribution in [3.63, 3.8) is 0 Å².